The SMILES string of the molecule is COc1ccc(-c2cnc(CSc3nc(O)cc(C4CC4)n3)o2)cc1. The van der Waals surface area contributed by atoms with Crippen LogP contribution in [0, 0.1) is 0 Å². The summed E-state index contributed by atoms with van der Waals surface area (Å²) in [7, 11) is 1.64. The quantitative estimate of drug-likeness (QED) is 0.528. The van der Waals surface area contributed by atoms with Crippen molar-refractivity contribution in [3.8, 4) is 23.0 Å². The molecule has 0 amide bonds. The van der Waals surface area contributed by atoms with Crippen LogP contribution in [0.5, 0.6) is 11.6 Å². The molecule has 0 unspecified atom stereocenters. The summed E-state index contributed by atoms with van der Waals surface area (Å²) in [4.78, 5) is 12.9. The number of aromatic hydroxyl groups is 1. The first-order chi connectivity index (χ1) is 12.2. The Kier molecular flexibility index (Phi) is 4.31. The molecule has 0 spiro atoms. The number of nitrogens with zero attached hydrogens (tertiary/aromatic N) is 3. The van der Waals surface area contributed by atoms with Crippen molar-refractivity contribution in [1.29, 1.82) is 0 Å². The second kappa shape index (κ2) is 6.76. The van der Waals surface area contributed by atoms with Crippen molar-refractivity contribution in [2.45, 2.75) is 29.7 Å². The van der Waals surface area contributed by atoms with Gasteiger partial charge in [-0.2, -0.15) is 4.98 Å². The average molecular weight is 355 g/mol. The highest BCUT2D eigenvalue weighted by Gasteiger charge is 2.26. The molecule has 1 fully saturated rings. The molecule has 1 aliphatic carbocycles. The number of hydrogen-bond acceptors (Lipinski definition) is 7. The second-order valence-electron chi connectivity index (χ2n) is 5.84. The Hall–Kier alpha value is -2.54. The predicted octanol–water partition coefficient (Wildman–Crippen LogP) is 4.02. The molecular formula is C18H17N3O3S. The van der Waals surface area contributed by atoms with E-state index in [1.54, 1.807) is 19.4 Å². The average Bonchev–Trinajstić information content (AvgIpc) is 3.38. The van der Waals surface area contributed by atoms with E-state index in [1.807, 2.05) is 24.3 Å². The van der Waals surface area contributed by atoms with Crippen LogP contribution in [0.3, 0.4) is 0 Å². The van der Waals surface area contributed by atoms with Crippen LogP contribution in [0.4, 0.5) is 0 Å². The fourth-order valence-electron chi connectivity index (χ4n) is 2.48. The van der Waals surface area contributed by atoms with Crippen molar-refractivity contribution >= 4 is 11.8 Å². The molecule has 3 aromatic rings. The maximum absolute atomic E-state index is 9.75. The van der Waals surface area contributed by atoms with Gasteiger partial charge < -0.3 is 14.3 Å². The topological polar surface area (TPSA) is 81.3 Å². The molecule has 2 heterocycles. The minimum absolute atomic E-state index is 0.0192. The van der Waals surface area contributed by atoms with E-state index >= 15 is 0 Å². The van der Waals surface area contributed by atoms with E-state index in [2.05, 4.69) is 15.0 Å². The lowest BCUT2D eigenvalue weighted by Gasteiger charge is -2.03. The first-order valence-corrected chi connectivity index (χ1v) is 8.99. The van der Waals surface area contributed by atoms with Crippen LogP contribution in [0.15, 0.2) is 46.1 Å². The van der Waals surface area contributed by atoms with Crippen molar-refractivity contribution in [3.05, 3.63) is 48.1 Å². The van der Waals surface area contributed by atoms with Crippen LogP contribution in [0.1, 0.15) is 30.3 Å². The number of aromatic nitrogens is 3. The minimum Gasteiger partial charge on any atom is -0.497 e. The number of ether oxygens (including phenoxy) is 1. The molecule has 0 saturated heterocycles. The summed E-state index contributed by atoms with van der Waals surface area (Å²) >= 11 is 1.40. The van der Waals surface area contributed by atoms with Gasteiger partial charge in [0.05, 0.1) is 24.8 Å². The molecule has 25 heavy (non-hydrogen) atoms. The van der Waals surface area contributed by atoms with Crippen molar-refractivity contribution in [3.63, 3.8) is 0 Å². The summed E-state index contributed by atoms with van der Waals surface area (Å²) in [6.07, 6.45) is 3.97. The summed E-state index contributed by atoms with van der Waals surface area (Å²) in [6.45, 7) is 0. The van der Waals surface area contributed by atoms with E-state index in [0.717, 1.165) is 29.8 Å². The summed E-state index contributed by atoms with van der Waals surface area (Å²) in [5, 5.41) is 10.3. The Morgan fingerprint density at radius 3 is 2.76 bits per heavy atom. The van der Waals surface area contributed by atoms with E-state index in [9.17, 15) is 5.11 Å². The van der Waals surface area contributed by atoms with Crippen LogP contribution in [0.2, 0.25) is 0 Å². The Morgan fingerprint density at radius 1 is 1.24 bits per heavy atom. The molecule has 0 bridgehead atoms. The van der Waals surface area contributed by atoms with Crippen molar-refractivity contribution in [2.75, 3.05) is 7.11 Å². The van der Waals surface area contributed by atoms with Crippen molar-refractivity contribution < 1.29 is 14.3 Å². The number of thioether (sulfide) groups is 1. The van der Waals surface area contributed by atoms with Gasteiger partial charge in [-0.05, 0) is 37.1 Å². The molecule has 128 valence electrons. The predicted molar refractivity (Wildman–Crippen MR) is 93.7 cm³/mol. The van der Waals surface area contributed by atoms with Gasteiger partial charge in [0.2, 0.25) is 11.8 Å². The summed E-state index contributed by atoms with van der Waals surface area (Å²) in [5.41, 5.74) is 1.86. The van der Waals surface area contributed by atoms with Gasteiger partial charge in [-0.3, -0.25) is 0 Å². The van der Waals surface area contributed by atoms with Gasteiger partial charge in [0.25, 0.3) is 0 Å². The van der Waals surface area contributed by atoms with Gasteiger partial charge in [0.1, 0.15) is 5.75 Å². The summed E-state index contributed by atoms with van der Waals surface area (Å²) in [5.74, 6) is 3.09. The zero-order valence-corrected chi connectivity index (χ0v) is 14.5. The molecule has 0 aliphatic heterocycles. The van der Waals surface area contributed by atoms with E-state index in [1.165, 1.54) is 11.8 Å². The van der Waals surface area contributed by atoms with E-state index in [0.29, 0.717) is 28.5 Å². The molecular weight excluding hydrogens is 338 g/mol. The molecule has 2 aromatic heterocycles. The third-order valence-electron chi connectivity index (χ3n) is 3.96. The number of hydrogen-bond donors (Lipinski definition) is 1. The molecule has 0 radical (unpaired) electrons. The molecule has 6 nitrogen and oxygen atoms in total. The van der Waals surface area contributed by atoms with Crippen LogP contribution < -0.4 is 4.74 Å². The zero-order valence-electron chi connectivity index (χ0n) is 13.7. The molecule has 1 saturated carbocycles. The number of methoxy groups -OCH3 is 1. The number of oxazole rings is 1. The molecule has 1 aromatic carbocycles. The Balaban J connectivity index is 1.44. The Labute approximate surface area is 149 Å². The van der Waals surface area contributed by atoms with Crippen molar-refractivity contribution in [1.82, 2.24) is 15.0 Å². The van der Waals surface area contributed by atoms with Gasteiger partial charge in [-0.1, -0.05) is 11.8 Å². The van der Waals surface area contributed by atoms with Gasteiger partial charge in [0, 0.05) is 17.5 Å². The fourth-order valence-corrected chi connectivity index (χ4v) is 3.19. The first-order valence-electron chi connectivity index (χ1n) is 8.01. The highest BCUT2D eigenvalue weighted by atomic mass is 32.2. The standard InChI is InChI=1S/C18H17N3O3S/c1-23-13-6-4-12(5-7-13)15-9-19-17(24-15)10-25-18-20-14(11-2-3-11)8-16(22)21-18/h4-9,11H,2-3,10H2,1H3,(H,20,21,22). The second-order valence-corrected chi connectivity index (χ2v) is 6.79. The monoisotopic (exact) mass is 355 g/mol. The fraction of sp³-hybridized carbons (Fsp3) is 0.278. The lowest BCUT2D eigenvalue weighted by atomic mass is 10.2. The Morgan fingerprint density at radius 2 is 2.04 bits per heavy atom. The van der Waals surface area contributed by atoms with E-state index in [4.69, 9.17) is 9.15 Å². The van der Waals surface area contributed by atoms with Crippen LogP contribution in [-0.4, -0.2) is 27.2 Å². The van der Waals surface area contributed by atoms with E-state index in [-0.39, 0.29) is 5.88 Å². The number of rotatable bonds is 6. The first kappa shape index (κ1) is 16.0. The van der Waals surface area contributed by atoms with Gasteiger partial charge in [-0.25, -0.2) is 9.97 Å². The Bertz CT molecular complexity index is 876. The highest BCUT2D eigenvalue weighted by molar-refractivity contribution is 7.98. The molecule has 1 N–H and O–H groups in total. The molecule has 1 aliphatic rings. The number of benzene rings is 1. The van der Waals surface area contributed by atoms with E-state index < -0.39 is 0 Å². The largest absolute Gasteiger partial charge is 0.497 e. The summed E-state index contributed by atoms with van der Waals surface area (Å²) < 4.78 is 10.9. The van der Waals surface area contributed by atoms with Gasteiger partial charge in [-0.15, -0.1) is 0 Å². The third kappa shape index (κ3) is 3.76. The van der Waals surface area contributed by atoms with Gasteiger partial charge >= 0.3 is 0 Å². The highest BCUT2D eigenvalue weighted by Crippen LogP contribution is 2.40. The molecule has 4 rings (SSSR count). The van der Waals surface area contributed by atoms with Crippen molar-refractivity contribution in [2.24, 2.45) is 0 Å². The third-order valence-corrected chi connectivity index (χ3v) is 4.79. The zero-order chi connectivity index (χ0) is 17.2. The van der Waals surface area contributed by atoms with Crippen LogP contribution in [-0.2, 0) is 5.75 Å². The van der Waals surface area contributed by atoms with Crippen LogP contribution in [0.25, 0.3) is 11.3 Å². The maximum Gasteiger partial charge on any atom is 0.215 e. The molecule has 0 atom stereocenters. The lowest BCUT2D eigenvalue weighted by molar-refractivity contribution is 0.415. The summed E-state index contributed by atoms with van der Waals surface area (Å²) in [6, 6.07) is 9.26. The van der Waals surface area contributed by atoms with Gasteiger partial charge in [0.15, 0.2) is 10.9 Å². The maximum atomic E-state index is 9.75. The van der Waals surface area contributed by atoms with Crippen LogP contribution >= 0.6 is 11.8 Å². The smallest absolute Gasteiger partial charge is 0.215 e. The minimum atomic E-state index is 0.0192. The molecule has 7 heteroatoms. The lowest BCUT2D eigenvalue weighted by Crippen LogP contribution is -1.93. The normalized spacial score (nSPS) is 13.8.